The molecular weight excluding hydrogens is 225 g/mol. The van der Waals surface area contributed by atoms with E-state index < -0.39 is 18.8 Å². The van der Waals surface area contributed by atoms with Crippen LogP contribution < -0.4 is 11.1 Å². The summed E-state index contributed by atoms with van der Waals surface area (Å²) in [6.45, 7) is -1.37. The van der Waals surface area contributed by atoms with E-state index in [1.807, 2.05) is 0 Å². The Morgan fingerprint density at radius 3 is 2.69 bits per heavy atom. The van der Waals surface area contributed by atoms with Gasteiger partial charge in [0.25, 0.3) is 0 Å². The van der Waals surface area contributed by atoms with E-state index in [-0.39, 0.29) is 12.1 Å². The van der Waals surface area contributed by atoms with Gasteiger partial charge in [-0.1, -0.05) is 0 Å². The lowest BCUT2D eigenvalue weighted by molar-refractivity contribution is -0.124. The summed E-state index contributed by atoms with van der Waals surface area (Å²) in [5.41, 5.74) is 5.65. The fraction of sp³-hybridized carbons (Fsp3) is 0.889. The molecule has 1 saturated carbocycles. The first-order chi connectivity index (χ1) is 7.37. The average molecular weight is 240 g/mol. The van der Waals surface area contributed by atoms with Gasteiger partial charge < -0.3 is 15.8 Å². The summed E-state index contributed by atoms with van der Waals surface area (Å²) in [7, 11) is 0. The van der Waals surface area contributed by atoms with Crippen LogP contribution in [-0.2, 0) is 4.74 Å². The van der Waals surface area contributed by atoms with E-state index in [0.717, 1.165) is 12.8 Å². The molecule has 16 heavy (non-hydrogen) atoms. The number of hydrogen-bond donors (Lipinski definition) is 2. The topological polar surface area (TPSA) is 64.3 Å². The highest BCUT2D eigenvalue weighted by Crippen LogP contribution is 2.20. The molecule has 0 spiro atoms. The van der Waals surface area contributed by atoms with Crippen molar-refractivity contribution in [3.63, 3.8) is 0 Å². The van der Waals surface area contributed by atoms with Crippen LogP contribution in [0.15, 0.2) is 0 Å². The van der Waals surface area contributed by atoms with Crippen molar-refractivity contribution in [1.82, 2.24) is 5.32 Å². The molecular formula is C9H15F3N2O2. The molecule has 1 amide bonds. The Kier molecular flexibility index (Phi) is 4.40. The van der Waals surface area contributed by atoms with Gasteiger partial charge in [-0.25, -0.2) is 4.79 Å². The molecule has 0 aromatic carbocycles. The lowest BCUT2D eigenvalue weighted by Gasteiger charge is -2.26. The number of ether oxygens (including phenoxy) is 1. The molecule has 0 aromatic heterocycles. The van der Waals surface area contributed by atoms with E-state index in [1.54, 1.807) is 5.32 Å². The number of amides is 1. The van der Waals surface area contributed by atoms with Crippen LogP contribution in [0.1, 0.15) is 25.7 Å². The van der Waals surface area contributed by atoms with Crippen molar-refractivity contribution < 1.29 is 22.7 Å². The molecule has 0 bridgehead atoms. The molecule has 4 nitrogen and oxygen atoms in total. The van der Waals surface area contributed by atoms with Gasteiger partial charge in [-0.3, -0.25) is 0 Å². The van der Waals surface area contributed by atoms with Crippen molar-refractivity contribution in [2.45, 2.75) is 44.0 Å². The minimum atomic E-state index is -4.41. The Morgan fingerprint density at radius 2 is 2.12 bits per heavy atom. The molecule has 0 aliphatic heterocycles. The highest BCUT2D eigenvalue weighted by molar-refractivity contribution is 5.67. The van der Waals surface area contributed by atoms with Crippen LogP contribution in [0.25, 0.3) is 0 Å². The van der Waals surface area contributed by atoms with Crippen molar-refractivity contribution >= 4 is 6.09 Å². The predicted molar refractivity (Wildman–Crippen MR) is 50.8 cm³/mol. The summed E-state index contributed by atoms with van der Waals surface area (Å²) in [5.74, 6) is 0. The quantitative estimate of drug-likeness (QED) is 0.769. The molecule has 3 N–H and O–H groups in total. The summed E-state index contributed by atoms with van der Waals surface area (Å²) in [4.78, 5) is 11.0. The Balaban J connectivity index is 2.23. The van der Waals surface area contributed by atoms with Crippen molar-refractivity contribution in [1.29, 1.82) is 0 Å². The first-order valence-corrected chi connectivity index (χ1v) is 5.13. The first kappa shape index (κ1) is 13.1. The number of alkyl halides is 3. The van der Waals surface area contributed by atoms with E-state index in [2.05, 4.69) is 0 Å². The van der Waals surface area contributed by atoms with Gasteiger partial charge in [-0.2, -0.15) is 13.2 Å². The van der Waals surface area contributed by atoms with Crippen molar-refractivity contribution in [2.24, 2.45) is 5.73 Å². The van der Waals surface area contributed by atoms with Gasteiger partial charge >= 0.3 is 12.3 Å². The highest BCUT2D eigenvalue weighted by Gasteiger charge is 2.29. The second-order valence-corrected chi connectivity index (χ2v) is 3.92. The molecule has 2 unspecified atom stereocenters. The van der Waals surface area contributed by atoms with Gasteiger partial charge in [0, 0.05) is 6.04 Å². The second kappa shape index (κ2) is 5.38. The van der Waals surface area contributed by atoms with E-state index in [4.69, 9.17) is 10.5 Å². The molecule has 0 aromatic rings. The second-order valence-electron chi connectivity index (χ2n) is 3.92. The number of hydrogen-bond acceptors (Lipinski definition) is 3. The average Bonchev–Trinajstić information content (AvgIpc) is 2.14. The van der Waals surface area contributed by atoms with Gasteiger partial charge in [-0.15, -0.1) is 0 Å². The number of alkyl carbamates (subject to hydrolysis) is 1. The first-order valence-electron chi connectivity index (χ1n) is 5.13. The number of nitrogens with two attached hydrogens (primary N) is 1. The molecule has 94 valence electrons. The van der Waals surface area contributed by atoms with Crippen molar-refractivity contribution in [3.8, 4) is 0 Å². The lowest BCUT2D eigenvalue weighted by Crippen LogP contribution is -2.39. The third-order valence-electron chi connectivity index (χ3n) is 2.37. The zero-order valence-electron chi connectivity index (χ0n) is 8.72. The van der Waals surface area contributed by atoms with Crippen LogP contribution in [0, 0.1) is 0 Å². The smallest absolute Gasteiger partial charge is 0.407 e. The standard InChI is InChI=1S/C9H15F3N2O2/c10-9(11,12)5-14-8(15)16-7-3-1-2-6(13)4-7/h6-7H,1-5,13H2,(H,14,15). The van der Waals surface area contributed by atoms with Gasteiger partial charge in [0.2, 0.25) is 0 Å². The fourth-order valence-corrected chi connectivity index (χ4v) is 1.65. The summed E-state index contributed by atoms with van der Waals surface area (Å²) >= 11 is 0. The number of carbonyl (C=O) groups is 1. The van der Waals surface area contributed by atoms with Crippen LogP contribution >= 0.6 is 0 Å². The molecule has 1 aliphatic rings. The minimum absolute atomic E-state index is 0.0332. The lowest BCUT2D eigenvalue weighted by atomic mass is 9.94. The predicted octanol–water partition coefficient (Wildman–Crippen LogP) is 1.54. The molecule has 7 heteroatoms. The summed E-state index contributed by atoms with van der Waals surface area (Å²) in [5, 5.41) is 1.66. The number of halogens is 3. The molecule has 0 heterocycles. The number of rotatable bonds is 2. The summed E-state index contributed by atoms with van der Waals surface area (Å²) < 4.78 is 40.1. The largest absolute Gasteiger partial charge is 0.446 e. The van der Waals surface area contributed by atoms with Gasteiger partial charge in [0.1, 0.15) is 12.6 Å². The Morgan fingerprint density at radius 1 is 1.44 bits per heavy atom. The highest BCUT2D eigenvalue weighted by atomic mass is 19.4. The number of nitrogens with one attached hydrogen (secondary N) is 1. The van der Waals surface area contributed by atoms with Crippen LogP contribution in [0.5, 0.6) is 0 Å². The van der Waals surface area contributed by atoms with Crippen molar-refractivity contribution in [2.75, 3.05) is 6.54 Å². The zero-order valence-corrected chi connectivity index (χ0v) is 8.72. The minimum Gasteiger partial charge on any atom is -0.446 e. The molecule has 0 saturated heterocycles. The van der Waals surface area contributed by atoms with Crippen LogP contribution in [-0.4, -0.2) is 31.0 Å². The van der Waals surface area contributed by atoms with Gasteiger partial charge in [-0.05, 0) is 25.7 Å². The maximum absolute atomic E-state index is 11.8. The summed E-state index contributed by atoms with van der Waals surface area (Å²) in [6, 6.07) is -0.0332. The molecule has 0 radical (unpaired) electrons. The van der Waals surface area contributed by atoms with Crippen LogP contribution in [0.2, 0.25) is 0 Å². The van der Waals surface area contributed by atoms with Crippen LogP contribution in [0.4, 0.5) is 18.0 Å². The molecule has 1 rings (SSSR count). The van der Waals surface area contributed by atoms with E-state index >= 15 is 0 Å². The van der Waals surface area contributed by atoms with Gasteiger partial charge in [0.15, 0.2) is 0 Å². The third kappa shape index (κ3) is 5.20. The molecule has 1 aliphatic carbocycles. The van der Waals surface area contributed by atoms with E-state index in [1.165, 1.54) is 0 Å². The normalized spacial score (nSPS) is 26.2. The summed E-state index contributed by atoms with van der Waals surface area (Å²) in [6.07, 6.45) is -2.94. The van der Waals surface area contributed by atoms with Crippen LogP contribution in [0.3, 0.4) is 0 Å². The Labute approximate surface area is 91.3 Å². The molecule has 2 atom stereocenters. The van der Waals surface area contributed by atoms with E-state index in [0.29, 0.717) is 12.8 Å². The fourth-order valence-electron chi connectivity index (χ4n) is 1.65. The Bertz CT molecular complexity index is 245. The molecule has 1 fully saturated rings. The maximum atomic E-state index is 11.8. The zero-order chi connectivity index (χ0) is 12.2. The number of carbonyl (C=O) groups excluding carboxylic acids is 1. The Hall–Kier alpha value is -0.980. The maximum Gasteiger partial charge on any atom is 0.407 e. The SMILES string of the molecule is NC1CCCC(OC(=O)NCC(F)(F)F)C1. The third-order valence-corrected chi connectivity index (χ3v) is 2.37. The van der Waals surface area contributed by atoms with Crippen molar-refractivity contribution in [3.05, 3.63) is 0 Å². The monoisotopic (exact) mass is 240 g/mol. The van der Waals surface area contributed by atoms with E-state index in [9.17, 15) is 18.0 Å². The van der Waals surface area contributed by atoms with Gasteiger partial charge in [0.05, 0.1) is 0 Å².